The SMILES string of the molecule is Cc1cc(C)cc(-c2[nH]c3sc(C(C)(C)C(=O)N4C5CCC4CC5)cc3c2[C@H](C)CN=C(NC(=O)OC(C)C)N2CCC(c3ccncc3)C2)c1.Cc1cc(C)cc(-c2[nH]cc(/C=C/C(C)(C)C(=O)N3C4CCC3CC4)c2[C@H](C)CN=C(NC(=O)OC(C)C)N2CCC(c3ccncc3)C2)c1. The van der Waals surface area contributed by atoms with Crippen LogP contribution in [0.2, 0.25) is 0 Å². The van der Waals surface area contributed by atoms with Crippen molar-refractivity contribution >= 4 is 63.5 Å². The van der Waals surface area contributed by atoms with Crippen LogP contribution in [-0.4, -0.2) is 151 Å². The molecule has 4 N–H and O–H groups in total. The van der Waals surface area contributed by atoms with Crippen molar-refractivity contribution in [1.29, 1.82) is 0 Å². The zero-order chi connectivity index (χ0) is 71.6. The number of carbonyl (C=O) groups is 4. The summed E-state index contributed by atoms with van der Waals surface area (Å²) in [5.74, 6) is 2.19. The van der Waals surface area contributed by atoms with Crippen molar-refractivity contribution < 1.29 is 28.7 Å². The number of thiophene rings is 1. The van der Waals surface area contributed by atoms with E-state index in [-0.39, 0.29) is 35.9 Å². The quantitative estimate of drug-likeness (QED) is 0.0501. The first kappa shape index (κ1) is 72.2. The summed E-state index contributed by atoms with van der Waals surface area (Å²) in [6.07, 6.45) is 23.0. The van der Waals surface area contributed by atoms with Gasteiger partial charge in [0.15, 0.2) is 0 Å². The maximum Gasteiger partial charge on any atom is 0.414 e. The topological polar surface area (TPSA) is 206 Å². The molecule has 18 nitrogen and oxygen atoms in total. The van der Waals surface area contributed by atoms with Crippen LogP contribution in [0, 0.1) is 33.1 Å². The number of guanidine groups is 2. The first-order valence-electron chi connectivity index (χ1n) is 37.0. The molecule has 7 aromatic rings. The molecule has 5 aromatic heterocycles. The number of pyridine rings is 2. The molecule has 2 aromatic carbocycles. The van der Waals surface area contributed by atoms with Crippen molar-refractivity contribution in [3.8, 4) is 22.5 Å². The van der Waals surface area contributed by atoms with Crippen molar-refractivity contribution in [2.45, 2.75) is 227 Å². The van der Waals surface area contributed by atoms with E-state index in [1.54, 1.807) is 11.3 Å². The molecule has 0 spiro atoms. The monoisotopic (exact) mass is 1390 g/mol. The average molecular weight is 1390 g/mol. The van der Waals surface area contributed by atoms with Gasteiger partial charge >= 0.3 is 12.2 Å². The van der Waals surface area contributed by atoms with Crippen molar-refractivity contribution in [2.75, 3.05) is 39.3 Å². The highest BCUT2D eigenvalue weighted by Crippen LogP contribution is 2.47. The molecule has 536 valence electrons. The summed E-state index contributed by atoms with van der Waals surface area (Å²) >= 11 is 1.70. The summed E-state index contributed by atoms with van der Waals surface area (Å²) in [5, 5.41) is 7.11. The van der Waals surface area contributed by atoms with Crippen LogP contribution in [-0.2, 0) is 24.5 Å². The number of ether oxygens (including phenoxy) is 2. The average Bonchev–Trinajstić information content (AvgIpc) is 1.58. The molecule has 4 atom stereocenters. The first-order valence-corrected chi connectivity index (χ1v) is 37.8. The summed E-state index contributed by atoms with van der Waals surface area (Å²) in [4.78, 5) is 90.6. The molecule has 13 rings (SSSR count). The lowest BCUT2D eigenvalue weighted by Gasteiger charge is -2.31. The van der Waals surface area contributed by atoms with Crippen LogP contribution in [0.5, 0.6) is 0 Å². The van der Waals surface area contributed by atoms with Crippen LogP contribution in [0.4, 0.5) is 9.59 Å². The Morgan fingerprint density at radius 1 is 0.584 bits per heavy atom. The van der Waals surface area contributed by atoms with Crippen LogP contribution >= 0.6 is 11.3 Å². The normalized spacial score (nSPS) is 21.3. The van der Waals surface area contributed by atoms with E-state index in [0.717, 1.165) is 139 Å². The molecule has 101 heavy (non-hydrogen) atoms. The number of aryl methyl sites for hydroxylation is 4. The van der Waals surface area contributed by atoms with Gasteiger partial charge in [-0.1, -0.05) is 60.4 Å². The zero-order valence-corrected chi connectivity index (χ0v) is 62.7. The van der Waals surface area contributed by atoms with Gasteiger partial charge in [-0.2, -0.15) is 0 Å². The Labute approximate surface area is 601 Å². The summed E-state index contributed by atoms with van der Waals surface area (Å²) in [5.41, 5.74) is 13.8. The van der Waals surface area contributed by atoms with E-state index in [0.29, 0.717) is 61.0 Å². The molecule has 2 unspecified atom stereocenters. The van der Waals surface area contributed by atoms with E-state index in [1.807, 2.05) is 66.3 Å². The lowest BCUT2D eigenvalue weighted by Crippen LogP contribution is -2.45. The minimum atomic E-state index is -0.629. The van der Waals surface area contributed by atoms with Gasteiger partial charge in [0.05, 0.1) is 28.7 Å². The molecule has 0 radical (unpaired) electrons. The van der Waals surface area contributed by atoms with Gasteiger partial charge in [0, 0.05) is 134 Å². The van der Waals surface area contributed by atoms with Crippen molar-refractivity contribution in [1.82, 2.24) is 50.2 Å². The van der Waals surface area contributed by atoms with Crippen molar-refractivity contribution in [2.24, 2.45) is 15.4 Å². The number of amides is 4. The first-order chi connectivity index (χ1) is 48.3. The number of aromatic nitrogens is 4. The number of fused-ring (bicyclic) bond motifs is 5. The Hall–Kier alpha value is -8.58. The number of nitrogens with one attached hydrogen (secondary N) is 4. The smallest absolute Gasteiger partial charge is 0.414 e. The maximum atomic E-state index is 14.1. The number of rotatable bonds is 17. The predicted octanol–water partition coefficient (Wildman–Crippen LogP) is 16.4. The fourth-order valence-electron chi connectivity index (χ4n) is 16.7. The molecule has 6 aliphatic heterocycles. The fraction of sp³-hybridized carbons (Fsp3) is 0.512. The minimum Gasteiger partial charge on any atom is -0.447 e. The second-order valence-corrected chi connectivity index (χ2v) is 32.3. The van der Waals surface area contributed by atoms with E-state index in [9.17, 15) is 19.2 Å². The number of alkyl carbamates (subject to hydrolysis) is 2. The second kappa shape index (κ2) is 30.5. The van der Waals surface area contributed by atoms with Gasteiger partial charge in [-0.3, -0.25) is 40.2 Å². The van der Waals surface area contributed by atoms with Crippen LogP contribution in [0.3, 0.4) is 0 Å². The third-order valence-corrected chi connectivity index (χ3v) is 23.1. The number of aliphatic imine (C=N–C) groups is 2. The van der Waals surface area contributed by atoms with Gasteiger partial charge in [0.1, 0.15) is 4.83 Å². The molecule has 6 aliphatic rings. The molecule has 0 saturated carbocycles. The fourth-order valence-corrected chi connectivity index (χ4v) is 17.9. The van der Waals surface area contributed by atoms with E-state index >= 15 is 0 Å². The Bertz CT molecular complexity index is 4140. The molecule has 6 fully saturated rings. The number of likely N-dealkylation sites (tertiary alicyclic amines) is 2. The highest BCUT2D eigenvalue weighted by atomic mass is 32.1. The minimum absolute atomic E-state index is 0.00164. The number of nitrogens with zero attached hydrogens (tertiary/aromatic N) is 8. The van der Waals surface area contributed by atoms with Crippen LogP contribution in [0.1, 0.15) is 212 Å². The third-order valence-electron chi connectivity index (χ3n) is 21.7. The molecular weight excluding hydrogens is 1280 g/mol. The molecule has 4 amide bonds. The molecule has 0 aliphatic carbocycles. The van der Waals surface area contributed by atoms with Gasteiger partial charge < -0.3 is 39.0 Å². The number of hydrogen-bond donors (Lipinski definition) is 4. The van der Waals surface area contributed by atoms with E-state index in [4.69, 9.17) is 19.5 Å². The van der Waals surface area contributed by atoms with Crippen LogP contribution in [0.25, 0.3) is 38.8 Å². The van der Waals surface area contributed by atoms with Crippen LogP contribution in [0.15, 0.2) is 114 Å². The largest absolute Gasteiger partial charge is 0.447 e. The van der Waals surface area contributed by atoms with Gasteiger partial charge in [0.25, 0.3) is 0 Å². The van der Waals surface area contributed by atoms with Gasteiger partial charge in [-0.05, 0) is 241 Å². The summed E-state index contributed by atoms with van der Waals surface area (Å²) < 4.78 is 11.0. The Balaban J connectivity index is 0.000000191. The maximum absolute atomic E-state index is 14.1. The molecule has 6 saturated heterocycles. The van der Waals surface area contributed by atoms with Gasteiger partial charge in [0.2, 0.25) is 23.7 Å². The Morgan fingerprint density at radius 3 is 1.46 bits per heavy atom. The lowest BCUT2D eigenvalue weighted by molar-refractivity contribution is -0.139. The summed E-state index contributed by atoms with van der Waals surface area (Å²) in [6.45, 7) is 32.5. The zero-order valence-electron chi connectivity index (χ0n) is 61.9. The van der Waals surface area contributed by atoms with Crippen LogP contribution < -0.4 is 10.6 Å². The molecule has 19 heteroatoms. The Kier molecular flexibility index (Phi) is 21.8. The standard InChI is InChI=1S/C41H52N6O3S.C41H54N6O3/c1-24(2)50-40(49)45-39(46-17-14-29(23-46)28-12-15-42-16-13-28)43-22-27(5)35-33-21-34(41(6,7)38(48)47-31-8-9-32(47)11-10-31)51-37(33)44-36(35)30-19-25(3)18-26(4)20-30;1-26(2)50-40(49)45-39(46-19-15-32(25-46)30-13-17-42-18-14-30)44-23-29(5)36-31(24-43-37(36)33-21-27(3)20-28(4)22-33)12-16-41(6,7)38(48)47-34-8-9-35(47)11-10-34/h12-13,15-16,18-21,24,27,29,31-32,44H,8-11,14,17,22-23H2,1-7H3,(H,43,45,49);12-14,16-18,20-22,24,26,29,32,34-35,43H,8-11,15,19,23,25H2,1-7H3,(H,44,45,49)/b;16-12+/t27-,29?,31?,32?;29-,32?,34?,35?/m11/s1. The highest BCUT2D eigenvalue weighted by Gasteiger charge is 2.48. The number of aromatic amines is 2. The predicted molar refractivity (Wildman–Crippen MR) is 406 cm³/mol. The Morgan fingerprint density at radius 2 is 1.01 bits per heavy atom. The number of carbonyl (C=O) groups excluding carboxylic acids is 4. The van der Waals surface area contributed by atoms with E-state index in [1.165, 1.54) is 38.9 Å². The lowest BCUT2D eigenvalue weighted by atomic mass is 9.88. The van der Waals surface area contributed by atoms with Crippen molar-refractivity contribution in [3.63, 3.8) is 0 Å². The van der Waals surface area contributed by atoms with E-state index in [2.05, 4.69) is 191 Å². The number of benzene rings is 2. The summed E-state index contributed by atoms with van der Waals surface area (Å²) in [7, 11) is 0. The van der Waals surface area contributed by atoms with Crippen molar-refractivity contribution in [3.05, 3.63) is 159 Å². The third kappa shape index (κ3) is 16.2. The van der Waals surface area contributed by atoms with E-state index < -0.39 is 23.0 Å². The molecular formula is C82H106N12O6S. The summed E-state index contributed by atoms with van der Waals surface area (Å²) in [6, 6.07) is 25.4. The second-order valence-electron chi connectivity index (χ2n) is 31.3. The van der Waals surface area contributed by atoms with Gasteiger partial charge in [-0.25, -0.2) is 9.59 Å². The molecule has 11 heterocycles. The molecule has 4 bridgehead atoms. The number of H-pyrrole nitrogens is 2. The highest BCUT2D eigenvalue weighted by molar-refractivity contribution is 7.19. The number of hydrogen-bond acceptors (Lipinski definition) is 11. The van der Waals surface area contributed by atoms with Gasteiger partial charge in [-0.15, -0.1) is 11.3 Å².